The van der Waals surface area contributed by atoms with Crippen molar-refractivity contribution in [2.75, 3.05) is 13.2 Å². The Morgan fingerprint density at radius 1 is 1.04 bits per heavy atom. The molecule has 0 spiro atoms. The minimum absolute atomic E-state index is 0.307. The molecule has 0 heterocycles. The first-order chi connectivity index (χ1) is 11.1. The lowest BCUT2D eigenvalue weighted by Gasteiger charge is -2.23. The molecule has 0 saturated heterocycles. The summed E-state index contributed by atoms with van der Waals surface area (Å²) in [5.41, 5.74) is 12.0. The van der Waals surface area contributed by atoms with Crippen LogP contribution >= 0.6 is 7.60 Å². The quantitative estimate of drug-likeness (QED) is 0.676. The topological polar surface area (TPSA) is 61.5 Å². The zero-order valence-corrected chi connectivity index (χ0v) is 14.4. The molecule has 4 nitrogen and oxygen atoms in total. The minimum Gasteiger partial charge on any atom is -0.314 e. The summed E-state index contributed by atoms with van der Waals surface area (Å²) in [6, 6.07) is 14.4. The lowest BCUT2D eigenvalue weighted by molar-refractivity contribution is 0.212. The van der Waals surface area contributed by atoms with Crippen LogP contribution in [-0.2, 0) is 20.0 Å². The van der Waals surface area contributed by atoms with Gasteiger partial charge in [0, 0.05) is 0 Å². The molecule has 0 amide bonds. The fourth-order valence-corrected chi connectivity index (χ4v) is 4.73. The van der Waals surface area contributed by atoms with Crippen molar-refractivity contribution < 1.29 is 13.6 Å². The summed E-state index contributed by atoms with van der Waals surface area (Å²) in [6.07, 6.45) is 0.875. The van der Waals surface area contributed by atoms with Crippen molar-refractivity contribution in [3.63, 3.8) is 0 Å². The van der Waals surface area contributed by atoms with E-state index >= 15 is 0 Å². The van der Waals surface area contributed by atoms with Crippen molar-refractivity contribution in [1.29, 1.82) is 0 Å². The summed E-state index contributed by atoms with van der Waals surface area (Å²) in [6.45, 7) is 4.19. The molecule has 5 heteroatoms. The van der Waals surface area contributed by atoms with E-state index in [1.54, 1.807) is 13.8 Å². The lowest BCUT2D eigenvalue weighted by Crippen LogP contribution is -2.15. The molecule has 0 aromatic heterocycles. The third-order valence-electron chi connectivity index (χ3n) is 4.12. The highest BCUT2D eigenvalue weighted by molar-refractivity contribution is 7.54. The van der Waals surface area contributed by atoms with Gasteiger partial charge in [-0.2, -0.15) is 0 Å². The second-order valence-electron chi connectivity index (χ2n) is 5.57. The van der Waals surface area contributed by atoms with Crippen molar-refractivity contribution in [3.8, 4) is 11.1 Å². The average molecular weight is 331 g/mol. The summed E-state index contributed by atoms with van der Waals surface area (Å²) in [4.78, 5) is 0. The van der Waals surface area contributed by atoms with Gasteiger partial charge in [0.05, 0.1) is 13.2 Å². The van der Waals surface area contributed by atoms with Gasteiger partial charge in [0.25, 0.3) is 0 Å². The van der Waals surface area contributed by atoms with Crippen molar-refractivity contribution in [2.24, 2.45) is 5.73 Å². The Morgan fingerprint density at radius 2 is 1.70 bits per heavy atom. The van der Waals surface area contributed by atoms with Crippen LogP contribution < -0.4 is 5.73 Å². The normalized spacial score (nSPS) is 14.4. The van der Waals surface area contributed by atoms with E-state index in [1.165, 1.54) is 22.3 Å². The molecule has 1 aliphatic carbocycles. The van der Waals surface area contributed by atoms with Crippen molar-refractivity contribution in [3.05, 3.63) is 59.2 Å². The zero-order valence-electron chi connectivity index (χ0n) is 13.5. The van der Waals surface area contributed by atoms with Crippen LogP contribution in [0.2, 0.25) is 0 Å². The lowest BCUT2D eigenvalue weighted by atomic mass is 10.0. The monoisotopic (exact) mass is 331 g/mol. The second kappa shape index (κ2) is 6.58. The van der Waals surface area contributed by atoms with E-state index in [0.29, 0.717) is 13.2 Å². The molecule has 1 atom stereocenters. The predicted molar refractivity (Wildman–Crippen MR) is 92.5 cm³/mol. The summed E-state index contributed by atoms with van der Waals surface area (Å²) in [5.74, 6) is -0.767. The van der Waals surface area contributed by atoms with E-state index in [2.05, 4.69) is 24.3 Å². The van der Waals surface area contributed by atoms with Crippen LogP contribution in [0.15, 0.2) is 42.5 Å². The molecule has 23 heavy (non-hydrogen) atoms. The third kappa shape index (κ3) is 3.00. The maximum atomic E-state index is 12.9. The number of benzene rings is 2. The molecule has 2 N–H and O–H groups in total. The molecule has 2 aromatic carbocycles. The molecule has 0 unspecified atom stereocenters. The summed E-state index contributed by atoms with van der Waals surface area (Å²) < 4.78 is 23.6. The molecule has 0 saturated carbocycles. The van der Waals surface area contributed by atoms with Crippen LogP contribution in [0.25, 0.3) is 11.1 Å². The smallest absolute Gasteiger partial charge is 0.314 e. The predicted octanol–water partition coefficient (Wildman–Crippen LogP) is 4.48. The van der Waals surface area contributed by atoms with E-state index in [9.17, 15) is 4.57 Å². The molecule has 0 aliphatic heterocycles. The van der Waals surface area contributed by atoms with Crippen molar-refractivity contribution in [1.82, 2.24) is 0 Å². The molecular weight excluding hydrogens is 309 g/mol. The molecule has 0 fully saturated rings. The maximum Gasteiger partial charge on any atom is 0.351 e. The van der Waals surface area contributed by atoms with Crippen LogP contribution in [0.4, 0.5) is 0 Å². The molecule has 3 rings (SSSR count). The van der Waals surface area contributed by atoms with Gasteiger partial charge in [-0.3, -0.25) is 4.57 Å². The van der Waals surface area contributed by atoms with Crippen LogP contribution in [0.1, 0.15) is 36.3 Å². The van der Waals surface area contributed by atoms with E-state index in [-0.39, 0.29) is 0 Å². The fraction of sp³-hybridized carbons (Fsp3) is 0.333. The van der Waals surface area contributed by atoms with Crippen LogP contribution in [-0.4, -0.2) is 13.2 Å². The van der Waals surface area contributed by atoms with Gasteiger partial charge in [-0.25, -0.2) is 0 Å². The second-order valence-corrected chi connectivity index (χ2v) is 7.72. The fourth-order valence-electron chi connectivity index (χ4n) is 3.09. The zero-order chi connectivity index (χ0) is 16.4. The Kier molecular flexibility index (Phi) is 4.69. The summed E-state index contributed by atoms with van der Waals surface area (Å²) in [5, 5.41) is 0. The first-order valence-corrected chi connectivity index (χ1v) is 9.55. The molecule has 1 aliphatic rings. The Balaban J connectivity index is 1.94. The number of rotatable bonds is 6. The van der Waals surface area contributed by atoms with E-state index in [1.807, 2.05) is 18.2 Å². The largest absolute Gasteiger partial charge is 0.351 e. The first-order valence-electron chi connectivity index (χ1n) is 7.94. The number of nitrogens with two attached hydrogens (primary N) is 1. The van der Waals surface area contributed by atoms with Gasteiger partial charge in [0.1, 0.15) is 5.78 Å². The average Bonchev–Trinajstić information content (AvgIpc) is 2.92. The SMILES string of the molecule is CCOP(=O)(OCC)[C@H](N)c1ccc2c(c1)Cc1ccccc1-2. The maximum absolute atomic E-state index is 12.9. The highest BCUT2D eigenvalue weighted by atomic mass is 31.2. The van der Waals surface area contributed by atoms with Gasteiger partial charge in [-0.15, -0.1) is 0 Å². The highest BCUT2D eigenvalue weighted by Gasteiger charge is 2.34. The minimum atomic E-state index is -3.35. The molecule has 2 aromatic rings. The van der Waals surface area contributed by atoms with Gasteiger partial charge in [-0.05, 0) is 48.1 Å². The van der Waals surface area contributed by atoms with Crippen LogP contribution in [0, 0.1) is 0 Å². The number of hydrogen-bond acceptors (Lipinski definition) is 4. The van der Waals surface area contributed by atoms with E-state index in [0.717, 1.165) is 12.0 Å². The van der Waals surface area contributed by atoms with Gasteiger partial charge < -0.3 is 14.8 Å². The van der Waals surface area contributed by atoms with Gasteiger partial charge in [-0.1, -0.05) is 42.5 Å². The Bertz CT molecular complexity index is 750. The summed E-state index contributed by atoms with van der Waals surface area (Å²) in [7, 11) is -3.35. The van der Waals surface area contributed by atoms with E-state index in [4.69, 9.17) is 14.8 Å². The van der Waals surface area contributed by atoms with Gasteiger partial charge in [0.15, 0.2) is 0 Å². The standard InChI is InChI=1S/C18H22NO3P/c1-3-21-23(20,22-4-2)18(19)14-9-10-17-15(12-14)11-13-7-5-6-8-16(13)17/h5-10,12,18H,3-4,11,19H2,1-2H3/t18-/m0/s1. The van der Waals surface area contributed by atoms with Crippen LogP contribution in [0.3, 0.4) is 0 Å². The van der Waals surface area contributed by atoms with Crippen molar-refractivity contribution >= 4 is 7.60 Å². The van der Waals surface area contributed by atoms with Gasteiger partial charge >= 0.3 is 7.60 Å². The molecule has 122 valence electrons. The Morgan fingerprint density at radius 3 is 2.39 bits per heavy atom. The Labute approximate surface area is 137 Å². The highest BCUT2D eigenvalue weighted by Crippen LogP contribution is 2.58. The van der Waals surface area contributed by atoms with Gasteiger partial charge in [0.2, 0.25) is 0 Å². The molecule has 0 radical (unpaired) electrons. The molecular formula is C18H22NO3P. The van der Waals surface area contributed by atoms with Crippen LogP contribution in [0.5, 0.6) is 0 Å². The summed E-state index contributed by atoms with van der Waals surface area (Å²) >= 11 is 0. The first kappa shape index (κ1) is 16.4. The number of hydrogen-bond donors (Lipinski definition) is 1. The number of fused-ring (bicyclic) bond motifs is 3. The van der Waals surface area contributed by atoms with E-state index < -0.39 is 13.4 Å². The Hall–Kier alpha value is -1.45. The third-order valence-corrected chi connectivity index (χ3v) is 6.33. The van der Waals surface area contributed by atoms with Crippen molar-refractivity contribution in [2.45, 2.75) is 26.1 Å². The molecule has 0 bridgehead atoms.